The first-order valence-electron chi connectivity index (χ1n) is 5.10. The van der Waals surface area contributed by atoms with Crippen LogP contribution in [0.4, 0.5) is 13.2 Å². The molecule has 0 aliphatic carbocycles. The van der Waals surface area contributed by atoms with Crippen LogP contribution in [0.1, 0.15) is 20.8 Å². The molecule has 0 aliphatic heterocycles. The highest BCUT2D eigenvalue weighted by Gasteiger charge is 2.48. The zero-order valence-corrected chi connectivity index (χ0v) is 11.4. The fourth-order valence-corrected chi connectivity index (χ4v) is 5.19. The molecule has 0 rings (SSSR count). The summed E-state index contributed by atoms with van der Waals surface area (Å²) in [4.78, 5) is 0. The number of alkyl halides is 3. The summed E-state index contributed by atoms with van der Waals surface area (Å²) in [5.74, 6) is 0. The Morgan fingerprint density at radius 3 is 1.69 bits per heavy atom. The molecule has 0 fully saturated rings. The molecule has 0 saturated heterocycles. The van der Waals surface area contributed by atoms with Crippen molar-refractivity contribution in [1.82, 2.24) is 0 Å². The van der Waals surface area contributed by atoms with Gasteiger partial charge in [0.15, 0.2) is 0 Å². The Hall–Kier alpha value is -0.0831. The van der Waals surface area contributed by atoms with Gasteiger partial charge in [-0.05, 0) is 0 Å². The predicted octanol–water partition coefficient (Wildman–Crippen LogP) is 2.90. The highest BCUT2D eigenvalue weighted by molar-refractivity contribution is 7.87. The summed E-state index contributed by atoms with van der Waals surface area (Å²) in [6.45, 7) is 5.59. The van der Waals surface area contributed by atoms with Crippen molar-refractivity contribution in [2.45, 2.75) is 44.4 Å². The van der Waals surface area contributed by atoms with Crippen LogP contribution in [-0.2, 0) is 14.3 Å². The minimum Gasteiger partial charge on any atom is -0.267 e. The fourth-order valence-electron chi connectivity index (χ4n) is 1.33. The Morgan fingerprint density at radius 2 is 1.44 bits per heavy atom. The molecule has 0 aromatic heterocycles. The third-order valence-electron chi connectivity index (χ3n) is 3.05. The van der Waals surface area contributed by atoms with E-state index in [1.807, 2.05) is 20.8 Å². The van der Waals surface area contributed by atoms with E-state index in [9.17, 15) is 21.6 Å². The molecule has 0 aliphatic rings. The maximum absolute atomic E-state index is 12.0. The zero-order chi connectivity index (χ0) is 13.0. The van der Waals surface area contributed by atoms with Gasteiger partial charge in [-0.3, -0.25) is 4.18 Å². The number of rotatable bonds is 6. The van der Waals surface area contributed by atoms with E-state index in [-0.39, 0.29) is 6.23 Å². The molecule has 0 aromatic carbocycles. The Bertz CT molecular complexity index is 301. The van der Waals surface area contributed by atoms with Crippen LogP contribution in [0, 0.1) is 0 Å². The van der Waals surface area contributed by atoms with E-state index in [2.05, 4.69) is 4.18 Å². The van der Waals surface area contributed by atoms with E-state index >= 15 is 0 Å². The van der Waals surface area contributed by atoms with E-state index in [4.69, 9.17) is 0 Å². The van der Waals surface area contributed by atoms with Gasteiger partial charge in [0, 0.05) is 0 Å². The zero-order valence-electron chi connectivity index (χ0n) is 9.60. The molecule has 16 heavy (non-hydrogen) atoms. The van der Waals surface area contributed by atoms with Crippen molar-refractivity contribution in [3.8, 4) is 0 Å². The summed E-state index contributed by atoms with van der Waals surface area (Å²) in [5.41, 5.74) is -5.32. The molecule has 0 bridgehead atoms. The summed E-state index contributed by atoms with van der Waals surface area (Å²) in [6.07, 6.45) is -0.279. The highest BCUT2D eigenvalue weighted by atomic mass is 32.2. The summed E-state index contributed by atoms with van der Waals surface area (Å²) < 4.78 is 61.7. The predicted molar refractivity (Wildman–Crippen MR) is 58.1 cm³/mol. The monoisotopic (exact) mass is 278 g/mol. The van der Waals surface area contributed by atoms with Gasteiger partial charge in [-0.2, -0.15) is 21.6 Å². The third-order valence-corrected chi connectivity index (χ3v) is 9.51. The second-order valence-corrected chi connectivity index (χ2v) is 10.7. The largest absolute Gasteiger partial charge is 0.523 e. The Morgan fingerprint density at radius 1 is 1.06 bits per heavy atom. The lowest BCUT2D eigenvalue weighted by molar-refractivity contribution is -0.0532. The molecule has 8 heteroatoms. The fraction of sp³-hybridized carbons (Fsp3) is 1.00. The molecular weight excluding hydrogens is 261 g/mol. The molecule has 0 saturated carbocycles. The Kier molecular flexibility index (Phi) is 5.47. The third kappa shape index (κ3) is 3.74. The molecule has 0 radical (unpaired) electrons. The first-order chi connectivity index (χ1) is 7.14. The molecule has 0 aromatic rings. The first-order valence-corrected chi connectivity index (χ1v) is 9.33. The molecule has 0 unspecified atom stereocenters. The molecular formula is C8H17F3O3SSi. The Labute approximate surface area is 95.1 Å². The SMILES string of the molecule is CC[Si](CC)(CC)COS(=O)(=O)C(F)(F)F. The van der Waals surface area contributed by atoms with Crippen LogP contribution >= 0.6 is 0 Å². The lowest BCUT2D eigenvalue weighted by Crippen LogP contribution is -2.40. The normalized spacial score (nSPS) is 14.1. The molecule has 3 nitrogen and oxygen atoms in total. The van der Waals surface area contributed by atoms with Gasteiger partial charge < -0.3 is 0 Å². The van der Waals surface area contributed by atoms with Crippen LogP contribution in [-0.4, -0.2) is 28.2 Å². The first kappa shape index (κ1) is 15.9. The van der Waals surface area contributed by atoms with E-state index in [0.717, 1.165) is 0 Å². The topological polar surface area (TPSA) is 43.4 Å². The van der Waals surface area contributed by atoms with Crippen LogP contribution in [0.15, 0.2) is 0 Å². The van der Waals surface area contributed by atoms with Crippen molar-refractivity contribution in [1.29, 1.82) is 0 Å². The van der Waals surface area contributed by atoms with Gasteiger partial charge in [0.25, 0.3) is 0 Å². The van der Waals surface area contributed by atoms with Crippen molar-refractivity contribution < 1.29 is 25.8 Å². The van der Waals surface area contributed by atoms with Gasteiger partial charge in [-0.25, -0.2) is 0 Å². The van der Waals surface area contributed by atoms with Gasteiger partial charge in [-0.15, -0.1) is 0 Å². The second-order valence-electron chi connectivity index (χ2n) is 3.72. The number of hydrogen-bond donors (Lipinski definition) is 0. The maximum atomic E-state index is 12.0. The molecule has 0 atom stereocenters. The standard InChI is InChI=1S/C8H17F3O3SSi/c1-4-16(5-2,6-3)7-14-15(12,13)8(9,10)11/h4-7H2,1-3H3. The van der Waals surface area contributed by atoms with Crippen LogP contribution in [0.25, 0.3) is 0 Å². The van der Waals surface area contributed by atoms with Crippen LogP contribution < -0.4 is 0 Å². The Balaban J connectivity index is 4.68. The summed E-state index contributed by atoms with van der Waals surface area (Å²) in [6, 6.07) is 2.15. The van der Waals surface area contributed by atoms with Crippen molar-refractivity contribution >= 4 is 18.2 Å². The highest BCUT2D eigenvalue weighted by Crippen LogP contribution is 2.27. The van der Waals surface area contributed by atoms with Gasteiger partial charge in [0.05, 0.1) is 14.3 Å². The lowest BCUT2D eigenvalue weighted by Gasteiger charge is -2.27. The van der Waals surface area contributed by atoms with E-state index in [1.165, 1.54) is 0 Å². The summed E-state index contributed by atoms with van der Waals surface area (Å²) in [5, 5.41) is 0. The molecule has 0 N–H and O–H groups in total. The molecule has 0 heterocycles. The summed E-state index contributed by atoms with van der Waals surface area (Å²) >= 11 is 0. The average Bonchev–Trinajstić information content (AvgIpc) is 2.19. The molecule has 0 amide bonds. The molecule has 98 valence electrons. The van der Waals surface area contributed by atoms with Crippen molar-refractivity contribution in [2.75, 3.05) is 6.23 Å². The number of halogens is 3. The van der Waals surface area contributed by atoms with Crippen LogP contribution in [0.5, 0.6) is 0 Å². The maximum Gasteiger partial charge on any atom is 0.523 e. The van der Waals surface area contributed by atoms with Crippen molar-refractivity contribution in [3.05, 3.63) is 0 Å². The average molecular weight is 278 g/mol. The lowest BCUT2D eigenvalue weighted by atomic mass is 10.9. The van der Waals surface area contributed by atoms with E-state index in [1.54, 1.807) is 0 Å². The quantitative estimate of drug-likeness (QED) is 0.426. The van der Waals surface area contributed by atoms with Gasteiger partial charge in [-0.1, -0.05) is 38.9 Å². The second kappa shape index (κ2) is 5.50. The van der Waals surface area contributed by atoms with Crippen LogP contribution in [0.3, 0.4) is 0 Å². The summed E-state index contributed by atoms with van der Waals surface area (Å²) in [7, 11) is -7.43. The number of hydrogen-bond acceptors (Lipinski definition) is 3. The molecule has 0 spiro atoms. The van der Waals surface area contributed by atoms with E-state index in [0.29, 0.717) is 18.1 Å². The minimum absolute atomic E-state index is 0.279. The van der Waals surface area contributed by atoms with Gasteiger partial charge in [0.1, 0.15) is 0 Å². The van der Waals surface area contributed by atoms with Crippen LogP contribution in [0.2, 0.25) is 18.1 Å². The van der Waals surface area contributed by atoms with Gasteiger partial charge in [0.2, 0.25) is 0 Å². The minimum atomic E-state index is -5.43. The van der Waals surface area contributed by atoms with Crippen molar-refractivity contribution in [2.24, 2.45) is 0 Å². The van der Waals surface area contributed by atoms with Crippen molar-refractivity contribution in [3.63, 3.8) is 0 Å². The van der Waals surface area contributed by atoms with Gasteiger partial charge >= 0.3 is 15.6 Å². The van der Waals surface area contributed by atoms with E-state index < -0.39 is 23.7 Å². The smallest absolute Gasteiger partial charge is 0.267 e.